The van der Waals surface area contributed by atoms with Gasteiger partial charge in [-0.25, -0.2) is 9.18 Å². The minimum atomic E-state index is -0.556. The molecule has 1 aromatic carbocycles. The number of nitrogens with zero attached hydrogens (tertiary/aromatic N) is 1. The largest absolute Gasteiger partial charge is 0.493 e. The average Bonchev–Trinajstić information content (AvgIpc) is 2.64. The van der Waals surface area contributed by atoms with E-state index in [1.54, 1.807) is 12.0 Å². The molecule has 1 atom stereocenters. The molecule has 0 aliphatic carbocycles. The number of nitrogens with one attached hydrogen (secondary N) is 1. The summed E-state index contributed by atoms with van der Waals surface area (Å²) in [4.78, 5) is 14.0. The molecule has 0 bridgehead atoms. The Morgan fingerprint density at radius 3 is 2.92 bits per heavy atom. The van der Waals surface area contributed by atoms with Crippen LogP contribution in [-0.4, -0.2) is 57.0 Å². The van der Waals surface area contributed by atoms with Crippen molar-refractivity contribution < 1.29 is 23.4 Å². The average molecular weight is 389 g/mol. The normalized spacial score (nSPS) is 17.2. The first-order valence-electron chi connectivity index (χ1n) is 8.80. The first-order chi connectivity index (χ1) is 12.6. The van der Waals surface area contributed by atoms with Gasteiger partial charge in [0.25, 0.3) is 0 Å². The number of halogens is 2. The zero-order valence-corrected chi connectivity index (χ0v) is 16.0. The van der Waals surface area contributed by atoms with Gasteiger partial charge in [0, 0.05) is 57.4 Å². The fourth-order valence-corrected chi connectivity index (χ4v) is 3.03. The fraction of sp³-hybridized carbons (Fsp3) is 0.611. The highest BCUT2D eigenvalue weighted by atomic mass is 35.5. The molecule has 6 nitrogen and oxygen atoms in total. The number of methoxy groups -OCH3 is 1. The number of piperazine rings is 1. The summed E-state index contributed by atoms with van der Waals surface area (Å²) in [6, 6.07) is 2.86. The van der Waals surface area contributed by atoms with E-state index in [1.165, 1.54) is 12.1 Å². The third-order valence-corrected chi connectivity index (χ3v) is 4.61. The zero-order valence-electron chi connectivity index (χ0n) is 15.2. The third kappa shape index (κ3) is 5.72. The molecule has 26 heavy (non-hydrogen) atoms. The Morgan fingerprint density at radius 1 is 1.42 bits per heavy atom. The van der Waals surface area contributed by atoms with Gasteiger partial charge in [-0.3, -0.25) is 0 Å². The minimum Gasteiger partial charge on any atom is -0.493 e. The molecule has 1 saturated heterocycles. The Balaban J connectivity index is 1.93. The van der Waals surface area contributed by atoms with E-state index in [1.807, 2.05) is 6.92 Å². The van der Waals surface area contributed by atoms with Crippen LogP contribution in [0.5, 0.6) is 5.75 Å². The first kappa shape index (κ1) is 20.7. The van der Waals surface area contributed by atoms with Gasteiger partial charge in [-0.05, 0) is 12.5 Å². The van der Waals surface area contributed by atoms with E-state index in [9.17, 15) is 9.18 Å². The summed E-state index contributed by atoms with van der Waals surface area (Å²) in [5.74, 6) is -0.216. The standard InChI is InChI=1S/C18H26ClFN2O4/c1-3-13-11-21-5-6-22(13)18(23)26-12-15-16(19)9-14(10-17(15)20)25-8-4-7-24-2/h9-10,13,21H,3-8,11-12H2,1-2H3/t13-/m1/s1. The molecule has 0 aromatic heterocycles. The molecular formula is C18H26ClFN2O4. The van der Waals surface area contributed by atoms with Gasteiger partial charge in [0.15, 0.2) is 0 Å². The topological polar surface area (TPSA) is 60.0 Å². The predicted octanol–water partition coefficient (Wildman–Crippen LogP) is 3.21. The van der Waals surface area contributed by atoms with E-state index in [-0.39, 0.29) is 23.2 Å². The van der Waals surface area contributed by atoms with Crippen LogP contribution in [0.3, 0.4) is 0 Å². The molecule has 0 spiro atoms. The van der Waals surface area contributed by atoms with Gasteiger partial charge in [0.05, 0.1) is 11.6 Å². The van der Waals surface area contributed by atoms with Crippen LogP contribution < -0.4 is 10.1 Å². The summed E-state index contributed by atoms with van der Waals surface area (Å²) in [6.07, 6.45) is 1.07. The summed E-state index contributed by atoms with van der Waals surface area (Å²) in [5, 5.41) is 3.41. The molecule has 1 aliphatic rings. The summed E-state index contributed by atoms with van der Waals surface area (Å²) in [7, 11) is 1.61. The van der Waals surface area contributed by atoms with Crippen molar-refractivity contribution in [2.45, 2.75) is 32.4 Å². The van der Waals surface area contributed by atoms with Crippen molar-refractivity contribution in [3.63, 3.8) is 0 Å². The quantitative estimate of drug-likeness (QED) is 0.693. The number of rotatable bonds is 8. The molecule has 2 rings (SSSR count). The second kappa shape index (κ2) is 10.5. The number of carbonyl (C=O) groups is 1. The first-order valence-corrected chi connectivity index (χ1v) is 9.18. The Hall–Kier alpha value is -1.57. The second-order valence-corrected chi connectivity index (χ2v) is 6.48. The van der Waals surface area contributed by atoms with Crippen LogP contribution in [0.4, 0.5) is 9.18 Å². The molecule has 8 heteroatoms. The Labute approximate surface area is 158 Å². The van der Waals surface area contributed by atoms with Crippen LogP contribution in [0.1, 0.15) is 25.3 Å². The van der Waals surface area contributed by atoms with Crippen molar-refractivity contribution in [1.82, 2.24) is 10.2 Å². The molecule has 0 radical (unpaired) electrons. The van der Waals surface area contributed by atoms with Crippen LogP contribution in [0.2, 0.25) is 5.02 Å². The van der Waals surface area contributed by atoms with E-state index in [0.717, 1.165) is 19.5 Å². The second-order valence-electron chi connectivity index (χ2n) is 6.07. The molecule has 0 saturated carbocycles. The van der Waals surface area contributed by atoms with Crippen molar-refractivity contribution >= 4 is 17.7 Å². The van der Waals surface area contributed by atoms with Crippen molar-refractivity contribution in [3.8, 4) is 5.75 Å². The van der Waals surface area contributed by atoms with Gasteiger partial charge in [-0.15, -0.1) is 0 Å². The van der Waals surface area contributed by atoms with Crippen LogP contribution in [-0.2, 0) is 16.1 Å². The van der Waals surface area contributed by atoms with Crippen LogP contribution >= 0.6 is 11.6 Å². The van der Waals surface area contributed by atoms with Gasteiger partial charge < -0.3 is 24.4 Å². The fourth-order valence-electron chi connectivity index (χ4n) is 2.78. The maximum Gasteiger partial charge on any atom is 0.410 e. The molecule has 0 unspecified atom stereocenters. The molecule has 1 N–H and O–H groups in total. The zero-order chi connectivity index (χ0) is 18.9. The van der Waals surface area contributed by atoms with Crippen molar-refractivity contribution in [2.75, 3.05) is 40.0 Å². The predicted molar refractivity (Wildman–Crippen MR) is 97.2 cm³/mol. The smallest absolute Gasteiger partial charge is 0.410 e. The van der Waals surface area contributed by atoms with Gasteiger partial charge in [-0.2, -0.15) is 0 Å². The number of hydrogen-bond acceptors (Lipinski definition) is 5. The number of hydrogen-bond donors (Lipinski definition) is 1. The van der Waals surface area contributed by atoms with Crippen LogP contribution in [0, 0.1) is 5.82 Å². The lowest BCUT2D eigenvalue weighted by atomic mass is 10.1. The highest BCUT2D eigenvalue weighted by molar-refractivity contribution is 6.31. The highest BCUT2D eigenvalue weighted by Gasteiger charge is 2.26. The van der Waals surface area contributed by atoms with Gasteiger partial charge in [-0.1, -0.05) is 18.5 Å². The Bertz CT molecular complexity index is 580. The Kier molecular flexibility index (Phi) is 8.41. The van der Waals surface area contributed by atoms with Gasteiger partial charge in [0.1, 0.15) is 18.2 Å². The monoisotopic (exact) mass is 388 g/mol. The molecular weight excluding hydrogens is 363 g/mol. The van der Waals surface area contributed by atoms with E-state index in [4.69, 9.17) is 25.8 Å². The maximum atomic E-state index is 14.3. The number of carbonyl (C=O) groups excluding carboxylic acids is 1. The third-order valence-electron chi connectivity index (χ3n) is 4.27. The lowest BCUT2D eigenvalue weighted by molar-refractivity contribution is 0.0707. The van der Waals surface area contributed by atoms with E-state index < -0.39 is 11.9 Å². The molecule has 1 fully saturated rings. The van der Waals surface area contributed by atoms with E-state index >= 15 is 0 Å². The lowest BCUT2D eigenvalue weighted by Gasteiger charge is -2.34. The Morgan fingerprint density at radius 2 is 2.23 bits per heavy atom. The maximum absolute atomic E-state index is 14.3. The van der Waals surface area contributed by atoms with Crippen LogP contribution in [0.25, 0.3) is 0 Å². The lowest BCUT2D eigenvalue weighted by Crippen LogP contribution is -2.53. The summed E-state index contributed by atoms with van der Waals surface area (Å²) >= 11 is 6.14. The molecule has 1 aliphatic heterocycles. The van der Waals surface area contributed by atoms with E-state index in [0.29, 0.717) is 31.9 Å². The minimum absolute atomic E-state index is 0.0828. The van der Waals surface area contributed by atoms with Crippen LogP contribution in [0.15, 0.2) is 12.1 Å². The summed E-state index contributed by atoms with van der Waals surface area (Å²) < 4.78 is 30.0. The molecule has 1 aromatic rings. The van der Waals surface area contributed by atoms with Crippen molar-refractivity contribution in [1.29, 1.82) is 0 Å². The SMILES string of the molecule is CC[C@@H]1CNCCN1C(=O)OCc1c(F)cc(OCCCOC)cc1Cl. The molecule has 1 heterocycles. The van der Waals surface area contributed by atoms with Crippen molar-refractivity contribution in [3.05, 3.63) is 28.5 Å². The van der Waals surface area contributed by atoms with Gasteiger partial charge >= 0.3 is 6.09 Å². The summed E-state index contributed by atoms with van der Waals surface area (Å²) in [6.45, 7) is 4.79. The number of ether oxygens (including phenoxy) is 3. The number of amides is 1. The molecule has 146 valence electrons. The number of benzene rings is 1. The highest BCUT2D eigenvalue weighted by Crippen LogP contribution is 2.27. The molecule has 1 amide bonds. The summed E-state index contributed by atoms with van der Waals surface area (Å²) in [5.41, 5.74) is 0.146. The van der Waals surface area contributed by atoms with Gasteiger partial charge in [0.2, 0.25) is 0 Å². The van der Waals surface area contributed by atoms with E-state index in [2.05, 4.69) is 5.32 Å². The van der Waals surface area contributed by atoms with Crippen molar-refractivity contribution in [2.24, 2.45) is 0 Å².